The summed E-state index contributed by atoms with van der Waals surface area (Å²) in [7, 11) is 0. The Morgan fingerprint density at radius 3 is 2.31 bits per heavy atom. The Morgan fingerprint density at radius 1 is 1.00 bits per heavy atom. The van der Waals surface area contributed by atoms with Gasteiger partial charge in [-0.2, -0.15) is 0 Å². The molecule has 1 N–H and O–H groups in total. The summed E-state index contributed by atoms with van der Waals surface area (Å²) in [5.74, 6) is 0. The summed E-state index contributed by atoms with van der Waals surface area (Å²) in [5, 5.41) is 8.66. The highest BCUT2D eigenvalue weighted by Crippen LogP contribution is 2.17. The second-order valence-corrected chi connectivity index (χ2v) is 3.33. The lowest BCUT2D eigenvalue weighted by Gasteiger charge is -2.00. The monoisotopic (exact) mass is 212 g/mol. The fraction of sp³-hybridized carbons (Fsp3) is 0.0769. The maximum atomic E-state index is 8.66. The molecule has 0 saturated heterocycles. The van der Waals surface area contributed by atoms with Crippen LogP contribution in [0.4, 0.5) is 0 Å². The lowest BCUT2D eigenvalue weighted by atomic mass is 10.1. The first-order valence-electron chi connectivity index (χ1n) is 5.03. The van der Waals surface area contributed by atoms with E-state index in [2.05, 4.69) is 9.97 Å². The molecule has 0 fully saturated rings. The molecule has 1 aromatic carbocycles. The van der Waals surface area contributed by atoms with Gasteiger partial charge in [0.2, 0.25) is 0 Å². The van der Waals surface area contributed by atoms with Crippen LogP contribution in [0, 0.1) is 0 Å². The van der Waals surface area contributed by atoms with Crippen molar-refractivity contribution < 1.29 is 5.11 Å². The maximum Gasteiger partial charge on any atom is 0.115 e. The standard InChI is InChI=1S/C13H12N2O/c16-7-1-2-11-3-5-12(6-4-11)13-8-14-10-15-9-13/h1-6,8-10,16H,7H2. The molecule has 3 heteroatoms. The van der Waals surface area contributed by atoms with Gasteiger partial charge in [0.25, 0.3) is 0 Å². The molecule has 2 aromatic rings. The van der Waals surface area contributed by atoms with Gasteiger partial charge in [-0.05, 0) is 11.1 Å². The molecule has 80 valence electrons. The first kappa shape index (κ1) is 10.5. The van der Waals surface area contributed by atoms with E-state index in [-0.39, 0.29) is 6.61 Å². The summed E-state index contributed by atoms with van der Waals surface area (Å²) in [5.41, 5.74) is 3.15. The van der Waals surface area contributed by atoms with Crippen LogP contribution in [0.3, 0.4) is 0 Å². The molecule has 0 bridgehead atoms. The van der Waals surface area contributed by atoms with Gasteiger partial charge >= 0.3 is 0 Å². The molecule has 0 radical (unpaired) electrons. The normalized spacial score (nSPS) is 10.8. The Morgan fingerprint density at radius 2 is 1.69 bits per heavy atom. The minimum atomic E-state index is 0.0638. The van der Waals surface area contributed by atoms with Gasteiger partial charge in [0.05, 0.1) is 6.61 Å². The van der Waals surface area contributed by atoms with E-state index in [1.54, 1.807) is 18.5 Å². The van der Waals surface area contributed by atoms with Crippen molar-refractivity contribution in [1.29, 1.82) is 0 Å². The van der Waals surface area contributed by atoms with Crippen molar-refractivity contribution in [3.8, 4) is 11.1 Å². The predicted molar refractivity (Wildman–Crippen MR) is 63.6 cm³/mol. The molecule has 1 heterocycles. The Labute approximate surface area is 94.1 Å². The van der Waals surface area contributed by atoms with Gasteiger partial charge in [-0.1, -0.05) is 36.4 Å². The molecular formula is C13H12N2O. The van der Waals surface area contributed by atoms with Crippen LogP contribution in [-0.4, -0.2) is 21.7 Å². The van der Waals surface area contributed by atoms with Gasteiger partial charge in [0, 0.05) is 18.0 Å². The highest BCUT2D eigenvalue weighted by molar-refractivity contribution is 5.64. The third kappa shape index (κ3) is 2.52. The number of hydrogen-bond acceptors (Lipinski definition) is 3. The molecule has 0 aliphatic carbocycles. The van der Waals surface area contributed by atoms with E-state index in [0.717, 1.165) is 16.7 Å². The van der Waals surface area contributed by atoms with Gasteiger partial charge in [0.15, 0.2) is 0 Å². The second-order valence-electron chi connectivity index (χ2n) is 3.33. The second kappa shape index (κ2) is 5.19. The minimum Gasteiger partial charge on any atom is -0.392 e. The Balaban J connectivity index is 2.23. The molecular weight excluding hydrogens is 200 g/mol. The van der Waals surface area contributed by atoms with E-state index in [1.807, 2.05) is 30.3 Å². The third-order valence-electron chi connectivity index (χ3n) is 2.22. The van der Waals surface area contributed by atoms with Gasteiger partial charge in [-0.3, -0.25) is 0 Å². The molecule has 0 unspecified atom stereocenters. The van der Waals surface area contributed by atoms with Gasteiger partial charge in [0.1, 0.15) is 6.33 Å². The van der Waals surface area contributed by atoms with Crippen molar-refractivity contribution in [2.24, 2.45) is 0 Å². The third-order valence-corrected chi connectivity index (χ3v) is 2.22. The molecule has 16 heavy (non-hydrogen) atoms. The average Bonchev–Trinajstić information content (AvgIpc) is 2.38. The number of aromatic nitrogens is 2. The fourth-order valence-corrected chi connectivity index (χ4v) is 1.42. The number of aliphatic hydroxyl groups excluding tert-OH is 1. The van der Waals surface area contributed by atoms with E-state index >= 15 is 0 Å². The molecule has 3 nitrogen and oxygen atoms in total. The lowest BCUT2D eigenvalue weighted by molar-refractivity contribution is 0.343. The summed E-state index contributed by atoms with van der Waals surface area (Å²) in [6.45, 7) is 0.0638. The summed E-state index contributed by atoms with van der Waals surface area (Å²) < 4.78 is 0. The first-order valence-corrected chi connectivity index (χ1v) is 5.03. The van der Waals surface area contributed by atoms with E-state index in [0.29, 0.717) is 0 Å². The summed E-state index contributed by atoms with van der Waals surface area (Å²) in [6.07, 6.45) is 8.67. The zero-order chi connectivity index (χ0) is 11.2. The zero-order valence-corrected chi connectivity index (χ0v) is 8.74. The molecule has 2 rings (SSSR count). The van der Waals surface area contributed by atoms with Crippen LogP contribution in [0.5, 0.6) is 0 Å². The Bertz CT molecular complexity index is 463. The van der Waals surface area contributed by atoms with E-state index in [9.17, 15) is 0 Å². The summed E-state index contributed by atoms with van der Waals surface area (Å²) in [4.78, 5) is 7.95. The molecule has 1 aromatic heterocycles. The van der Waals surface area contributed by atoms with Crippen molar-refractivity contribution >= 4 is 6.08 Å². The average molecular weight is 212 g/mol. The minimum absolute atomic E-state index is 0.0638. The van der Waals surface area contributed by atoms with Crippen LogP contribution in [0.15, 0.2) is 49.1 Å². The van der Waals surface area contributed by atoms with Gasteiger partial charge < -0.3 is 5.11 Å². The number of benzene rings is 1. The molecule has 0 amide bonds. The largest absolute Gasteiger partial charge is 0.392 e. The van der Waals surface area contributed by atoms with Crippen LogP contribution in [0.25, 0.3) is 17.2 Å². The predicted octanol–water partition coefficient (Wildman–Crippen LogP) is 2.15. The smallest absolute Gasteiger partial charge is 0.115 e. The van der Waals surface area contributed by atoms with E-state index in [4.69, 9.17) is 5.11 Å². The van der Waals surface area contributed by atoms with Crippen molar-refractivity contribution in [2.45, 2.75) is 0 Å². The van der Waals surface area contributed by atoms with Gasteiger partial charge in [-0.25, -0.2) is 9.97 Å². The topological polar surface area (TPSA) is 46.0 Å². The van der Waals surface area contributed by atoms with Crippen LogP contribution < -0.4 is 0 Å². The zero-order valence-electron chi connectivity index (χ0n) is 8.74. The molecule has 0 atom stereocenters. The number of hydrogen-bond donors (Lipinski definition) is 1. The SMILES string of the molecule is OCC=Cc1ccc(-c2cncnc2)cc1. The highest BCUT2D eigenvalue weighted by Gasteiger charge is 1.96. The van der Waals surface area contributed by atoms with E-state index in [1.165, 1.54) is 6.33 Å². The van der Waals surface area contributed by atoms with Crippen molar-refractivity contribution in [2.75, 3.05) is 6.61 Å². The van der Waals surface area contributed by atoms with Crippen molar-refractivity contribution in [3.05, 3.63) is 54.6 Å². The molecule has 0 aliphatic rings. The Hall–Kier alpha value is -2.00. The van der Waals surface area contributed by atoms with Crippen molar-refractivity contribution in [3.63, 3.8) is 0 Å². The van der Waals surface area contributed by atoms with Crippen LogP contribution >= 0.6 is 0 Å². The highest BCUT2D eigenvalue weighted by atomic mass is 16.2. The first-order chi connectivity index (χ1) is 7.90. The van der Waals surface area contributed by atoms with Gasteiger partial charge in [-0.15, -0.1) is 0 Å². The summed E-state index contributed by atoms with van der Waals surface area (Å²) in [6, 6.07) is 8.01. The van der Waals surface area contributed by atoms with Crippen LogP contribution in [0.1, 0.15) is 5.56 Å². The molecule has 0 saturated carbocycles. The van der Waals surface area contributed by atoms with Crippen LogP contribution in [-0.2, 0) is 0 Å². The lowest BCUT2D eigenvalue weighted by Crippen LogP contribution is -1.82. The Kier molecular flexibility index (Phi) is 3.41. The van der Waals surface area contributed by atoms with Crippen LogP contribution in [0.2, 0.25) is 0 Å². The van der Waals surface area contributed by atoms with E-state index < -0.39 is 0 Å². The maximum absolute atomic E-state index is 8.66. The summed E-state index contributed by atoms with van der Waals surface area (Å²) >= 11 is 0. The number of nitrogens with zero attached hydrogens (tertiary/aromatic N) is 2. The fourth-order valence-electron chi connectivity index (χ4n) is 1.42. The number of aliphatic hydroxyl groups is 1. The molecule has 0 spiro atoms. The number of rotatable bonds is 3. The van der Waals surface area contributed by atoms with Crippen molar-refractivity contribution in [1.82, 2.24) is 9.97 Å². The quantitative estimate of drug-likeness (QED) is 0.847. The molecule has 0 aliphatic heterocycles.